The van der Waals surface area contributed by atoms with Gasteiger partial charge in [-0.05, 0) is 31.2 Å². The molecular weight excluding hydrogens is 308 g/mol. The average Bonchev–Trinajstić information content (AvgIpc) is 2.56. The number of nitrogens with zero attached hydrogens (tertiary/aromatic N) is 2. The fourth-order valence-corrected chi connectivity index (χ4v) is 3.40. The number of aromatic nitrogens is 2. The molecule has 5 heteroatoms. The van der Waals surface area contributed by atoms with Gasteiger partial charge in [-0.2, -0.15) is 0 Å². The standard InChI is InChI=1S/C18H18N2O2S/c1-13-8-9-15-16(21)12-17(23-11-10-22-2)20(18(15)19-13)14-6-4-3-5-7-14/h3-9,12H,10-11H2,1-2H3. The highest BCUT2D eigenvalue weighted by molar-refractivity contribution is 7.99. The minimum Gasteiger partial charge on any atom is -0.384 e. The lowest BCUT2D eigenvalue weighted by molar-refractivity contribution is 0.218. The molecule has 0 fully saturated rings. The Hall–Kier alpha value is -2.11. The topological polar surface area (TPSA) is 44.1 Å². The third-order valence-corrected chi connectivity index (χ3v) is 4.49. The number of pyridine rings is 2. The molecule has 2 heterocycles. The first-order valence-corrected chi connectivity index (χ1v) is 8.40. The molecule has 0 aliphatic carbocycles. The zero-order valence-corrected chi connectivity index (χ0v) is 14.0. The van der Waals surface area contributed by atoms with E-state index >= 15 is 0 Å². The number of para-hydroxylation sites is 1. The lowest BCUT2D eigenvalue weighted by Crippen LogP contribution is -2.12. The van der Waals surface area contributed by atoms with Crippen molar-refractivity contribution in [3.05, 3.63) is 64.4 Å². The molecule has 0 unspecified atom stereocenters. The predicted molar refractivity (Wildman–Crippen MR) is 94.7 cm³/mol. The number of rotatable bonds is 5. The summed E-state index contributed by atoms with van der Waals surface area (Å²) in [7, 11) is 1.68. The van der Waals surface area contributed by atoms with Crippen molar-refractivity contribution in [1.82, 2.24) is 9.55 Å². The molecule has 0 aliphatic rings. The number of benzene rings is 1. The molecule has 1 aromatic carbocycles. The van der Waals surface area contributed by atoms with Crippen LogP contribution >= 0.6 is 11.8 Å². The van der Waals surface area contributed by atoms with Crippen molar-refractivity contribution in [2.45, 2.75) is 11.9 Å². The molecule has 3 aromatic rings. The van der Waals surface area contributed by atoms with Gasteiger partial charge in [0, 0.05) is 30.3 Å². The molecule has 0 saturated carbocycles. The van der Waals surface area contributed by atoms with Crippen LogP contribution in [0.3, 0.4) is 0 Å². The van der Waals surface area contributed by atoms with E-state index in [2.05, 4.69) is 4.98 Å². The van der Waals surface area contributed by atoms with E-state index in [1.165, 1.54) is 0 Å². The maximum Gasteiger partial charge on any atom is 0.192 e. The summed E-state index contributed by atoms with van der Waals surface area (Å²) in [5.41, 5.74) is 2.58. The van der Waals surface area contributed by atoms with Crippen LogP contribution in [-0.4, -0.2) is 29.0 Å². The van der Waals surface area contributed by atoms with Gasteiger partial charge in [0.2, 0.25) is 0 Å². The fraction of sp³-hybridized carbons (Fsp3) is 0.222. The van der Waals surface area contributed by atoms with Gasteiger partial charge in [0.05, 0.1) is 17.0 Å². The lowest BCUT2D eigenvalue weighted by atomic mass is 10.2. The molecule has 23 heavy (non-hydrogen) atoms. The van der Waals surface area contributed by atoms with Crippen LogP contribution in [0.25, 0.3) is 16.7 Å². The van der Waals surface area contributed by atoms with Gasteiger partial charge in [-0.25, -0.2) is 4.98 Å². The summed E-state index contributed by atoms with van der Waals surface area (Å²) in [4.78, 5) is 17.0. The molecular formula is C18H18N2O2S. The Morgan fingerprint density at radius 2 is 1.96 bits per heavy atom. The van der Waals surface area contributed by atoms with E-state index in [1.54, 1.807) is 24.9 Å². The highest BCUT2D eigenvalue weighted by atomic mass is 32.2. The largest absolute Gasteiger partial charge is 0.384 e. The zero-order chi connectivity index (χ0) is 16.2. The van der Waals surface area contributed by atoms with Crippen LogP contribution in [0.1, 0.15) is 5.69 Å². The second-order valence-corrected chi connectivity index (χ2v) is 6.30. The molecule has 0 radical (unpaired) electrons. The average molecular weight is 326 g/mol. The highest BCUT2D eigenvalue weighted by Gasteiger charge is 2.12. The molecule has 4 nitrogen and oxygen atoms in total. The second kappa shape index (κ2) is 6.98. The molecule has 118 valence electrons. The maximum atomic E-state index is 12.4. The molecule has 0 bridgehead atoms. The first-order chi connectivity index (χ1) is 11.2. The predicted octanol–water partition coefficient (Wildman–Crippen LogP) is 3.43. The SMILES string of the molecule is COCCSc1cc(=O)c2ccc(C)nc2n1-c1ccccc1. The smallest absolute Gasteiger partial charge is 0.192 e. The Bertz CT molecular complexity index is 875. The first kappa shape index (κ1) is 15.8. The maximum absolute atomic E-state index is 12.4. The Balaban J connectivity index is 2.26. The Labute approximate surface area is 139 Å². The van der Waals surface area contributed by atoms with E-state index in [0.717, 1.165) is 22.2 Å². The molecule has 0 atom stereocenters. The number of hydrogen-bond donors (Lipinski definition) is 0. The quantitative estimate of drug-likeness (QED) is 0.532. The van der Waals surface area contributed by atoms with Crippen molar-refractivity contribution in [1.29, 1.82) is 0 Å². The zero-order valence-electron chi connectivity index (χ0n) is 13.2. The van der Waals surface area contributed by atoms with Gasteiger partial charge in [0.15, 0.2) is 5.43 Å². The van der Waals surface area contributed by atoms with E-state index in [9.17, 15) is 4.79 Å². The normalized spacial score (nSPS) is 11.0. The van der Waals surface area contributed by atoms with Crippen LogP contribution < -0.4 is 5.43 Å². The van der Waals surface area contributed by atoms with Gasteiger partial charge in [0.1, 0.15) is 5.65 Å². The molecule has 2 aromatic heterocycles. The Morgan fingerprint density at radius 3 is 2.70 bits per heavy atom. The van der Waals surface area contributed by atoms with Crippen molar-refractivity contribution in [3.63, 3.8) is 0 Å². The third kappa shape index (κ3) is 3.30. The van der Waals surface area contributed by atoms with Crippen LogP contribution in [0.5, 0.6) is 0 Å². The minimum absolute atomic E-state index is 0.000372. The fourth-order valence-electron chi connectivity index (χ4n) is 2.43. The van der Waals surface area contributed by atoms with Crippen LogP contribution in [-0.2, 0) is 4.74 Å². The molecule has 0 aliphatic heterocycles. The van der Waals surface area contributed by atoms with Crippen molar-refractivity contribution in [2.75, 3.05) is 19.5 Å². The van der Waals surface area contributed by atoms with Gasteiger partial charge in [-0.1, -0.05) is 18.2 Å². The monoisotopic (exact) mass is 326 g/mol. The number of thioether (sulfide) groups is 1. The van der Waals surface area contributed by atoms with Gasteiger partial charge in [0.25, 0.3) is 0 Å². The van der Waals surface area contributed by atoms with E-state index in [-0.39, 0.29) is 5.43 Å². The van der Waals surface area contributed by atoms with Gasteiger partial charge in [-0.3, -0.25) is 9.36 Å². The number of fused-ring (bicyclic) bond motifs is 1. The van der Waals surface area contributed by atoms with Crippen molar-refractivity contribution in [3.8, 4) is 5.69 Å². The Kier molecular flexibility index (Phi) is 4.79. The third-order valence-electron chi connectivity index (χ3n) is 3.52. The van der Waals surface area contributed by atoms with Crippen LogP contribution in [0.4, 0.5) is 0 Å². The summed E-state index contributed by atoms with van der Waals surface area (Å²) in [6, 6.07) is 15.4. The number of aryl methyl sites for hydroxylation is 1. The van der Waals surface area contributed by atoms with E-state index in [1.807, 2.05) is 54.0 Å². The summed E-state index contributed by atoms with van der Waals surface area (Å²) in [5, 5.41) is 1.51. The number of hydrogen-bond acceptors (Lipinski definition) is 4. The highest BCUT2D eigenvalue weighted by Crippen LogP contribution is 2.25. The van der Waals surface area contributed by atoms with Crippen LogP contribution in [0.15, 0.2) is 58.4 Å². The van der Waals surface area contributed by atoms with Gasteiger partial charge < -0.3 is 4.74 Å². The first-order valence-electron chi connectivity index (χ1n) is 7.41. The molecule has 0 spiro atoms. The summed E-state index contributed by atoms with van der Waals surface area (Å²) in [6.45, 7) is 2.57. The molecule has 3 rings (SSSR count). The summed E-state index contributed by atoms with van der Waals surface area (Å²) >= 11 is 1.60. The lowest BCUT2D eigenvalue weighted by Gasteiger charge is -2.16. The van der Waals surface area contributed by atoms with E-state index in [0.29, 0.717) is 17.6 Å². The second-order valence-electron chi connectivity index (χ2n) is 5.18. The number of ether oxygens (including phenoxy) is 1. The minimum atomic E-state index is -0.000372. The van der Waals surface area contributed by atoms with Crippen molar-refractivity contribution in [2.24, 2.45) is 0 Å². The van der Waals surface area contributed by atoms with E-state index in [4.69, 9.17) is 4.74 Å². The van der Waals surface area contributed by atoms with Crippen molar-refractivity contribution < 1.29 is 4.74 Å². The van der Waals surface area contributed by atoms with E-state index < -0.39 is 0 Å². The molecule has 0 saturated heterocycles. The number of methoxy groups -OCH3 is 1. The summed E-state index contributed by atoms with van der Waals surface area (Å²) in [6.07, 6.45) is 0. The van der Waals surface area contributed by atoms with Crippen LogP contribution in [0.2, 0.25) is 0 Å². The van der Waals surface area contributed by atoms with Crippen LogP contribution in [0, 0.1) is 6.92 Å². The molecule has 0 amide bonds. The van der Waals surface area contributed by atoms with Gasteiger partial charge >= 0.3 is 0 Å². The summed E-state index contributed by atoms with van der Waals surface area (Å²) < 4.78 is 7.17. The van der Waals surface area contributed by atoms with Gasteiger partial charge in [-0.15, -0.1) is 11.8 Å². The molecule has 0 N–H and O–H groups in total. The summed E-state index contributed by atoms with van der Waals surface area (Å²) in [5.74, 6) is 0.778. The Morgan fingerprint density at radius 1 is 1.17 bits per heavy atom. The van der Waals surface area contributed by atoms with Crippen molar-refractivity contribution >= 4 is 22.8 Å².